The second-order valence-electron chi connectivity index (χ2n) is 14.2. The molecule has 0 radical (unpaired) electrons. The Hall–Kier alpha value is -1.94. The van der Waals surface area contributed by atoms with E-state index in [0.29, 0.717) is 36.4 Å². The van der Waals surface area contributed by atoms with Gasteiger partial charge >= 0.3 is 0 Å². The summed E-state index contributed by atoms with van der Waals surface area (Å²) in [6.07, 6.45) is 4.95. The molecule has 0 amide bonds. The van der Waals surface area contributed by atoms with Crippen LogP contribution in [0.3, 0.4) is 0 Å². The van der Waals surface area contributed by atoms with Crippen LogP contribution in [-0.4, -0.2) is 97.8 Å². The van der Waals surface area contributed by atoms with Crippen molar-refractivity contribution in [2.75, 3.05) is 59.7 Å². The fourth-order valence-corrected chi connectivity index (χ4v) is 7.39. The van der Waals surface area contributed by atoms with E-state index in [9.17, 15) is 0 Å². The highest BCUT2D eigenvalue weighted by Crippen LogP contribution is 2.34. The predicted molar refractivity (Wildman–Crippen MR) is 172 cm³/mol. The lowest BCUT2D eigenvalue weighted by Crippen LogP contribution is -2.27. The Balaban J connectivity index is 1.03. The molecule has 8 nitrogen and oxygen atoms in total. The van der Waals surface area contributed by atoms with Crippen LogP contribution in [0.4, 0.5) is 0 Å². The van der Waals surface area contributed by atoms with E-state index in [1.807, 2.05) is 7.11 Å². The number of rotatable bonds is 12. The molecule has 8 heteroatoms. The highest BCUT2D eigenvalue weighted by molar-refractivity contribution is 5.30. The minimum Gasteiger partial charge on any atom is -0.381 e. The molecule has 6 rings (SSSR count). The molecule has 0 spiro atoms. The smallest absolute Gasteiger partial charge is 0.0815 e. The van der Waals surface area contributed by atoms with Gasteiger partial charge in [0.05, 0.1) is 49.5 Å². The van der Waals surface area contributed by atoms with Gasteiger partial charge in [-0.1, -0.05) is 39.8 Å². The molecule has 242 valence electrons. The van der Waals surface area contributed by atoms with Gasteiger partial charge in [0, 0.05) is 76.2 Å². The van der Waals surface area contributed by atoms with Crippen molar-refractivity contribution in [3.8, 4) is 0 Å². The van der Waals surface area contributed by atoms with Crippen LogP contribution in [0.5, 0.6) is 0 Å². The first-order chi connectivity index (χ1) is 21.4. The molecule has 1 unspecified atom stereocenters. The van der Waals surface area contributed by atoms with Crippen molar-refractivity contribution in [3.05, 3.63) is 58.2 Å². The number of pyridine rings is 2. The molecule has 5 atom stereocenters. The monoisotopic (exact) mass is 606 g/mol. The number of ether oxygens (including phenoxy) is 4. The summed E-state index contributed by atoms with van der Waals surface area (Å²) in [5, 5.41) is 0. The number of nitrogens with zero attached hydrogens (tertiary/aromatic N) is 4. The normalized spacial score (nSPS) is 28.3. The van der Waals surface area contributed by atoms with Crippen LogP contribution in [-0.2, 0) is 32.0 Å². The summed E-state index contributed by atoms with van der Waals surface area (Å²) >= 11 is 0. The summed E-state index contributed by atoms with van der Waals surface area (Å²) in [4.78, 5) is 15.3. The molecule has 44 heavy (non-hydrogen) atoms. The fraction of sp³-hybridized carbons (Fsp3) is 0.722. The molecule has 4 saturated heterocycles. The molecule has 2 aromatic rings. The summed E-state index contributed by atoms with van der Waals surface area (Å²) in [5.74, 6) is 1.68. The van der Waals surface area contributed by atoms with Gasteiger partial charge in [-0.15, -0.1) is 0 Å². The van der Waals surface area contributed by atoms with Gasteiger partial charge in [-0.2, -0.15) is 0 Å². The Labute approximate surface area is 264 Å². The van der Waals surface area contributed by atoms with Gasteiger partial charge in [0.2, 0.25) is 0 Å². The van der Waals surface area contributed by atoms with Crippen LogP contribution in [0.25, 0.3) is 0 Å². The van der Waals surface area contributed by atoms with Gasteiger partial charge in [-0.25, -0.2) is 0 Å². The predicted octanol–water partition coefficient (Wildman–Crippen LogP) is 5.61. The molecule has 4 aliphatic heterocycles. The van der Waals surface area contributed by atoms with Crippen molar-refractivity contribution in [3.63, 3.8) is 0 Å². The molecule has 0 bridgehead atoms. The van der Waals surface area contributed by atoms with E-state index in [2.05, 4.69) is 61.8 Å². The maximum Gasteiger partial charge on any atom is 0.0815 e. The van der Waals surface area contributed by atoms with Crippen molar-refractivity contribution in [1.29, 1.82) is 0 Å². The molecule has 0 aliphatic carbocycles. The molecule has 0 aromatic carbocycles. The lowest BCUT2D eigenvalue weighted by Gasteiger charge is -2.22. The zero-order valence-corrected chi connectivity index (χ0v) is 27.7. The van der Waals surface area contributed by atoms with Crippen LogP contribution in [0.2, 0.25) is 0 Å². The maximum absolute atomic E-state index is 6.50. The molecule has 0 saturated carbocycles. The van der Waals surface area contributed by atoms with Gasteiger partial charge < -0.3 is 18.9 Å². The molecule has 0 N–H and O–H groups in total. The summed E-state index contributed by atoms with van der Waals surface area (Å²) in [5.41, 5.74) is 7.52. The van der Waals surface area contributed by atoms with Crippen LogP contribution in [0, 0.1) is 0 Å². The minimum absolute atomic E-state index is 0.134. The summed E-state index contributed by atoms with van der Waals surface area (Å²) < 4.78 is 24.2. The average molecular weight is 607 g/mol. The third-order valence-electron chi connectivity index (χ3n) is 10.2. The Kier molecular flexibility index (Phi) is 10.7. The van der Waals surface area contributed by atoms with E-state index in [1.165, 1.54) is 33.9 Å². The number of likely N-dealkylation sites (tertiary alicyclic amines) is 2. The maximum atomic E-state index is 6.50. The van der Waals surface area contributed by atoms with Gasteiger partial charge in [-0.05, 0) is 60.8 Å². The first kappa shape index (κ1) is 32.0. The standard InChI is InChI=1S/C36H54N4O4/c1-24(2)33-8-6-31(26-12-15-42-21-26)35(37-33)19-40-14-11-29(18-40)44-23-30-16-27(22-43-30)32-7-9-34(25(3)4)38-36(32)20-39-13-10-28(17-39)41-5/h6-9,24-30H,10-23H2,1-5H3/t26-,27+,28-,29-,30?/m1/s1. The quantitative estimate of drug-likeness (QED) is 0.309. The van der Waals surface area contributed by atoms with Gasteiger partial charge in [0.1, 0.15) is 0 Å². The highest BCUT2D eigenvalue weighted by Gasteiger charge is 2.33. The van der Waals surface area contributed by atoms with E-state index in [4.69, 9.17) is 28.9 Å². The number of hydrogen-bond donors (Lipinski definition) is 0. The molecule has 4 fully saturated rings. The van der Waals surface area contributed by atoms with Crippen molar-refractivity contribution in [2.24, 2.45) is 0 Å². The number of methoxy groups -OCH3 is 1. The van der Waals surface area contributed by atoms with Crippen molar-refractivity contribution >= 4 is 0 Å². The van der Waals surface area contributed by atoms with E-state index >= 15 is 0 Å². The summed E-state index contributed by atoms with van der Waals surface area (Å²) in [6.45, 7) is 17.8. The molecule has 6 heterocycles. The SMILES string of the molecule is CO[C@@H]1CCN(Cc2nc(C(C)C)ccc2[C@@H]2COC(CO[C@@H]3CCN(Cc4nc(C(C)C)ccc4[C@@H]4CCOC4)C3)C2)C1. The Bertz CT molecular complexity index is 1230. The topological polar surface area (TPSA) is 69.2 Å². The number of hydrogen-bond acceptors (Lipinski definition) is 8. The highest BCUT2D eigenvalue weighted by atomic mass is 16.5. The van der Waals surface area contributed by atoms with Crippen LogP contribution >= 0.6 is 0 Å². The summed E-state index contributed by atoms with van der Waals surface area (Å²) in [7, 11) is 1.82. The molecular weight excluding hydrogens is 552 g/mol. The molecule has 4 aliphatic rings. The Morgan fingerprint density at radius 2 is 1.41 bits per heavy atom. The van der Waals surface area contributed by atoms with Crippen LogP contribution in [0.1, 0.15) is 111 Å². The van der Waals surface area contributed by atoms with Crippen LogP contribution in [0.15, 0.2) is 24.3 Å². The second-order valence-corrected chi connectivity index (χ2v) is 14.2. The van der Waals surface area contributed by atoms with Gasteiger partial charge in [0.25, 0.3) is 0 Å². The number of aromatic nitrogens is 2. The van der Waals surface area contributed by atoms with E-state index < -0.39 is 0 Å². The largest absolute Gasteiger partial charge is 0.381 e. The molecular formula is C36H54N4O4. The van der Waals surface area contributed by atoms with E-state index in [1.54, 1.807) is 0 Å². The first-order valence-electron chi connectivity index (χ1n) is 17.1. The first-order valence-corrected chi connectivity index (χ1v) is 17.1. The zero-order chi connectivity index (χ0) is 30.6. The van der Waals surface area contributed by atoms with Gasteiger partial charge in [-0.3, -0.25) is 19.8 Å². The zero-order valence-electron chi connectivity index (χ0n) is 27.7. The van der Waals surface area contributed by atoms with Crippen molar-refractivity contribution in [1.82, 2.24) is 19.8 Å². The second kappa shape index (κ2) is 14.7. The Morgan fingerprint density at radius 3 is 1.98 bits per heavy atom. The molecule has 2 aromatic heterocycles. The Morgan fingerprint density at radius 1 is 0.795 bits per heavy atom. The van der Waals surface area contributed by atoms with E-state index in [0.717, 1.165) is 84.8 Å². The van der Waals surface area contributed by atoms with Crippen molar-refractivity contribution in [2.45, 2.75) is 108 Å². The van der Waals surface area contributed by atoms with Crippen molar-refractivity contribution < 1.29 is 18.9 Å². The third kappa shape index (κ3) is 7.71. The van der Waals surface area contributed by atoms with Gasteiger partial charge in [0.15, 0.2) is 0 Å². The average Bonchev–Trinajstić information content (AvgIpc) is 3.84. The van der Waals surface area contributed by atoms with Crippen LogP contribution < -0.4 is 0 Å². The lowest BCUT2D eigenvalue weighted by molar-refractivity contribution is -0.0167. The lowest BCUT2D eigenvalue weighted by atomic mass is 9.93. The van der Waals surface area contributed by atoms with E-state index in [-0.39, 0.29) is 12.2 Å². The third-order valence-corrected chi connectivity index (χ3v) is 10.2. The minimum atomic E-state index is 0.134. The summed E-state index contributed by atoms with van der Waals surface area (Å²) in [6, 6.07) is 9.07. The fourth-order valence-electron chi connectivity index (χ4n) is 7.39.